The molecule has 0 fully saturated rings. The molecule has 0 spiro atoms. The first-order valence-electron chi connectivity index (χ1n) is 4.28. The molecule has 5 heteroatoms. The Morgan fingerprint density at radius 2 is 2.14 bits per heavy atom. The molecule has 14 heavy (non-hydrogen) atoms. The Balaban J connectivity index is 2.63. The van der Waals surface area contributed by atoms with E-state index in [1.54, 1.807) is 6.20 Å². The molecule has 2 rings (SSSR count). The summed E-state index contributed by atoms with van der Waals surface area (Å²) in [5, 5.41) is 7.68. The lowest BCUT2D eigenvalue weighted by atomic mass is 10.1. The molecule has 0 unspecified atom stereocenters. The van der Waals surface area contributed by atoms with E-state index in [-0.39, 0.29) is 0 Å². The third kappa shape index (κ3) is 1.22. The van der Waals surface area contributed by atoms with E-state index in [0.29, 0.717) is 5.82 Å². The van der Waals surface area contributed by atoms with Crippen LogP contribution in [0, 0.1) is 13.8 Å². The van der Waals surface area contributed by atoms with Crippen molar-refractivity contribution in [3.63, 3.8) is 0 Å². The number of nitrogens with zero attached hydrogens (tertiary/aromatic N) is 4. The normalized spacial score (nSPS) is 10.4. The highest BCUT2D eigenvalue weighted by Gasteiger charge is 2.09. The summed E-state index contributed by atoms with van der Waals surface area (Å²) >= 11 is 0. The summed E-state index contributed by atoms with van der Waals surface area (Å²) in [6, 6.07) is 1.88. The standard InChI is InChI=1S/C9H11N5/c1-6-7(2)11-4-3-8(6)9-13-12-5-14(9)10/h3-5H,10H2,1-2H3. The van der Waals surface area contributed by atoms with Crippen molar-refractivity contribution in [2.24, 2.45) is 0 Å². The Hall–Kier alpha value is -1.91. The second-order valence-corrected chi connectivity index (χ2v) is 3.13. The van der Waals surface area contributed by atoms with Crippen LogP contribution in [0.5, 0.6) is 0 Å². The molecule has 0 aliphatic carbocycles. The van der Waals surface area contributed by atoms with Crippen LogP contribution >= 0.6 is 0 Å². The fraction of sp³-hybridized carbons (Fsp3) is 0.222. The minimum absolute atomic E-state index is 0.660. The monoisotopic (exact) mass is 189 g/mol. The summed E-state index contributed by atoms with van der Waals surface area (Å²) in [4.78, 5) is 4.18. The number of nitrogen functional groups attached to an aromatic ring is 1. The van der Waals surface area contributed by atoms with Gasteiger partial charge in [-0.3, -0.25) is 4.98 Å². The van der Waals surface area contributed by atoms with E-state index in [9.17, 15) is 0 Å². The minimum Gasteiger partial charge on any atom is -0.336 e. The molecular formula is C9H11N5. The minimum atomic E-state index is 0.660. The number of hydrogen-bond acceptors (Lipinski definition) is 4. The van der Waals surface area contributed by atoms with E-state index in [1.807, 2.05) is 19.9 Å². The second-order valence-electron chi connectivity index (χ2n) is 3.13. The molecule has 0 aliphatic heterocycles. The molecule has 5 nitrogen and oxygen atoms in total. The molecule has 2 heterocycles. The molecular weight excluding hydrogens is 178 g/mol. The van der Waals surface area contributed by atoms with E-state index in [2.05, 4.69) is 15.2 Å². The average Bonchev–Trinajstić information content (AvgIpc) is 2.57. The van der Waals surface area contributed by atoms with Gasteiger partial charge in [-0.25, -0.2) is 4.68 Å². The van der Waals surface area contributed by atoms with E-state index in [0.717, 1.165) is 16.8 Å². The number of aryl methyl sites for hydroxylation is 1. The summed E-state index contributed by atoms with van der Waals surface area (Å²) in [5.74, 6) is 6.32. The average molecular weight is 189 g/mol. The van der Waals surface area contributed by atoms with Crippen molar-refractivity contribution in [1.29, 1.82) is 0 Å². The molecule has 0 aliphatic rings. The first-order chi connectivity index (χ1) is 6.70. The van der Waals surface area contributed by atoms with Gasteiger partial charge in [0.1, 0.15) is 6.33 Å². The Bertz CT molecular complexity index is 460. The van der Waals surface area contributed by atoms with Crippen molar-refractivity contribution in [1.82, 2.24) is 19.9 Å². The largest absolute Gasteiger partial charge is 0.336 e. The smallest absolute Gasteiger partial charge is 0.182 e. The molecule has 2 N–H and O–H groups in total. The third-order valence-electron chi connectivity index (χ3n) is 2.27. The highest BCUT2D eigenvalue weighted by Crippen LogP contribution is 2.20. The van der Waals surface area contributed by atoms with E-state index in [1.165, 1.54) is 11.0 Å². The lowest BCUT2D eigenvalue weighted by Gasteiger charge is -2.05. The van der Waals surface area contributed by atoms with Gasteiger partial charge in [0.05, 0.1) is 0 Å². The van der Waals surface area contributed by atoms with Crippen molar-refractivity contribution in [3.05, 3.63) is 29.8 Å². The lowest BCUT2D eigenvalue weighted by Crippen LogP contribution is -2.09. The van der Waals surface area contributed by atoms with Crippen LogP contribution in [0.2, 0.25) is 0 Å². The van der Waals surface area contributed by atoms with Crippen molar-refractivity contribution >= 4 is 0 Å². The number of aromatic nitrogens is 4. The first-order valence-corrected chi connectivity index (χ1v) is 4.28. The van der Waals surface area contributed by atoms with E-state index < -0.39 is 0 Å². The summed E-state index contributed by atoms with van der Waals surface area (Å²) in [6.45, 7) is 3.95. The molecule has 2 aromatic rings. The van der Waals surface area contributed by atoms with Crippen molar-refractivity contribution in [2.75, 3.05) is 5.84 Å². The van der Waals surface area contributed by atoms with Crippen LogP contribution in [0.25, 0.3) is 11.4 Å². The molecule has 0 aromatic carbocycles. The topological polar surface area (TPSA) is 69.6 Å². The van der Waals surface area contributed by atoms with Crippen molar-refractivity contribution < 1.29 is 0 Å². The van der Waals surface area contributed by atoms with Gasteiger partial charge >= 0.3 is 0 Å². The van der Waals surface area contributed by atoms with Gasteiger partial charge < -0.3 is 5.84 Å². The lowest BCUT2D eigenvalue weighted by molar-refractivity contribution is 1.000. The van der Waals surface area contributed by atoms with E-state index in [4.69, 9.17) is 5.84 Å². The molecule has 0 radical (unpaired) electrons. The highest BCUT2D eigenvalue weighted by molar-refractivity contribution is 5.60. The van der Waals surface area contributed by atoms with Gasteiger partial charge in [-0.15, -0.1) is 10.2 Å². The van der Waals surface area contributed by atoms with Gasteiger partial charge in [0.2, 0.25) is 0 Å². The van der Waals surface area contributed by atoms with Gasteiger partial charge in [-0.2, -0.15) is 0 Å². The third-order valence-corrected chi connectivity index (χ3v) is 2.27. The summed E-state index contributed by atoms with van der Waals surface area (Å²) < 4.78 is 1.40. The molecule has 0 saturated carbocycles. The molecule has 0 amide bonds. The summed E-state index contributed by atoms with van der Waals surface area (Å²) in [6.07, 6.45) is 3.22. The summed E-state index contributed by atoms with van der Waals surface area (Å²) in [7, 11) is 0. The predicted octanol–water partition coefficient (Wildman–Crippen LogP) is 0.671. The van der Waals surface area contributed by atoms with Crippen LogP contribution in [0.1, 0.15) is 11.3 Å². The van der Waals surface area contributed by atoms with E-state index >= 15 is 0 Å². The van der Waals surface area contributed by atoms with Crippen LogP contribution < -0.4 is 5.84 Å². The molecule has 0 atom stereocenters. The zero-order valence-electron chi connectivity index (χ0n) is 8.10. The van der Waals surface area contributed by atoms with Gasteiger partial charge in [0.25, 0.3) is 0 Å². The Morgan fingerprint density at radius 1 is 1.36 bits per heavy atom. The SMILES string of the molecule is Cc1nccc(-c2nncn2N)c1C. The Kier molecular flexibility index (Phi) is 1.92. The van der Waals surface area contributed by atoms with Crippen LogP contribution in [0.3, 0.4) is 0 Å². The van der Waals surface area contributed by atoms with Gasteiger partial charge in [-0.1, -0.05) is 0 Å². The van der Waals surface area contributed by atoms with Crippen molar-refractivity contribution in [3.8, 4) is 11.4 Å². The highest BCUT2D eigenvalue weighted by atomic mass is 15.4. The number of rotatable bonds is 1. The van der Waals surface area contributed by atoms with Crippen molar-refractivity contribution in [2.45, 2.75) is 13.8 Å². The maximum absolute atomic E-state index is 5.66. The predicted molar refractivity (Wildman–Crippen MR) is 52.9 cm³/mol. The zero-order valence-corrected chi connectivity index (χ0v) is 8.10. The fourth-order valence-electron chi connectivity index (χ4n) is 1.32. The van der Waals surface area contributed by atoms with Gasteiger partial charge in [-0.05, 0) is 25.5 Å². The number of nitrogens with two attached hydrogens (primary N) is 1. The quantitative estimate of drug-likeness (QED) is 0.669. The number of hydrogen-bond donors (Lipinski definition) is 1. The molecule has 72 valence electrons. The molecule has 0 bridgehead atoms. The first kappa shape index (κ1) is 8.68. The fourth-order valence-corrected chi connectivity index (χ4v) is 1.32. The van der Waals surface area contributed by atoms with Gasteiger partial charge in [0.15, 0.2) is 5.82 Å². The maximum Gasteiger partial charge on any atom is 0.182 e. The second kappa shape index (κ2) is 3.10. The van der Waals surface area contributed by atoms with Crippen LogP contribution in [-0.2, 0) is 0 Å². The number of pyridine rings is 1. The zero-order chi connectivity index (χ0) is 10.1. The molecule has 2 aromatic heterocycles. The maximum atomic E-state index is 5.66. The Labute approximate surface area is 81.6 Å². The van der Waals surface area contributed by atoms with Crippen LogP contribution in [0.15, 0.2) is 18.6 Å². The molecule has 0 saturated heterocycles. The Morgan fingerprint density at radius 3 is 2.79 bits per heavy atom. The van der Waals surface area contributed by atoms with Gasteiger partial charge in [0, 0.05) is 17.5 Å². The van der Waals surface area contributed by atoms with Crippen LogP contribution in [-0.4, -0.2) is 19.9 Å². The van der Waals surface area contributed by atoms with Crippen LogP contribution in [0.4, 0.5) is 0 Å². The summed E-state index contributed by atoms with van der Waals surface area (Å²) in [5.41, 5.74) is 3.02.